The van der Waals surface area contributed by atoms with Crippen LogP contribution in [0, 0.1) is 18.3 Å². The molecule has 0 amide bonds. The van der Waals surface area contributed by atoms with Gasteiger partial charge in [-0.05, 0) is 30.9 Å². The summed E-state index contributed by atoms with van der Waals surface area (Å²) < 4.78 is 45.0. The van der Waals surface area contributed by atoms with Crippen molar-refractivity contribution < 1.29 is 17.2 Å². The largest absolute Gasteiger partial charge is 0.369 e. The Morgan fingerprint density at radius 1 is 1.14 bits per heavy atom. The molecule has 3 rings (SSSR count). The Labute approximate surface area is 218 Å². The zero-order chi connectivity index (χ0) is 27.0. The highest BCUT2D eigenvalue weighted by Crippen LogP contribution is 2.37. The SMILES string of the molecule is C=CS(=O)CCNc1nc(NCCCC)c(C#N)c(C)c1N=Nc1ccc(S(=O)(=O)O)c2ccccc12. The zero-order valence-electron chi connectivity index (χ0n) is 20.6. The number of fused-ring (bicyclic) bond motifs is 1. The second kappa shape index (κ2) is 12.5. The minimum absolute atomic E-state index is 0.230. The fourth-order valence-electron chi connectivity index (χ4n) is 3.61. The molecule has 0 aliphatic carbocycles. The molecular formula is C25H28N6O4S2. The van der Waals surface area contributed by atoms with Gasteiger partial charge in [-0.15, -0.1) is 10.2 Å². The van der Waals surface area contributed by atoms with Gasteiger partial charge in [0.05, 0.1) is 11.3 Å². The van der Waals surface area contributed by atoms with Crippen molar-refractivity contribution >= 4 is 54.7 Å². The molecule has 0 saturated heterocycles. The lowest BCUT2D eigenvalue weighted by atomic mass is 10.1. The molecule has 1 unspecified atom stereocenters. The highest BCUT2D eigenvalue weighted by Gasteiger charge is 2.19. The number of hydrogen-bond acceptors (Lipinski definition) is 9. The van der Waals surface area contributed by atoms with Crippen molar-refractivity contribution in [3.63, 3.8) is 0 Å². The molecule has 1 atom stereocenters. The van der Waals surface area contributed by atoms with E-state index in [-0.39, 0.29) is 4.90 Å². The van der Waals surface area contributed by atoms with Crippen molar-refractivity contribution in [1.29, 1.82) is 5.26 Å². The summed E-state index contributed by atoms with van der Waals surface area (Å²) in [6.45, 7) is 8.30. The lowest BCUT2D eigenvalue weighted by Crippen LogP contribution is -2.13. The summed E-state index contributed by atoms with van der Waals surface area (Å²) in [7, 11) is -5.64. The standard InChI is InChI=1S/C25H28N6O4S2/c1-4-6-13-27-24-20(16-26)17(3)23(25(29-24)28-14-15-36(32)5-2)31-30-21-11-12-22(37(33,34)35)19-10-8-7-9-18(19)21/h5,7-12H,2,4,6,13-15H2,1,3H3,(H2,27,28,29)(H,33,34,35). The number of nitriles is 1. The van der Waals surface area contributed by atoms with Crippen molar-refractivity contribution in [1.82, 2.24) is 4.98 Å². The third kappa shape index (κ3) is 6.76. The Morgan fingerprint density at radius 2 is 1.84 bits per heavy atom. The minimum atomic E-state index is -4.44. The van der Waals surface area contributed by atoms with Gasteiger partial charge in [-0.3, -0.25) is 8.76 Å². The average Bonchev–Trinajstić information content (AvgIpc) is 2.87. The number of unbranched alkanes of at least 4 members (excludes halogenated alkanes) is 1. The van der Waals surface area contributed by atoms with E-state index in [0.29, 0.717) is 63.8 Å². The van der Waals surface area contributed by atoms with E-state index >= 15 is 0 Å². The molecule has 194 valence electrons. The van der Waals surface area contributed by atoms with Gasteiger partial charge in [-0.2, -0.15) is 13.7 Å². The maximum atomic E-state index is 11.8. The first-order valence-electron chi connectivity index (χ1n) is 11.5. The number of benzene rings is 2. The molecule has 10 nitrogen and oxygen atoms in total. The minimum Gasteiger partial charge on any atom is -0.369 e. The van der Waals surface area contributed by atoms with E-state index in [1.807, 2.05) is 0 Å². The van der Waals surface area contributed by atoms with Crippen LogP contribution in [-0.2, 0) is 20.9 Å². The maximum absolute atomic E-state index is 11.8. The normalized spacial score (nSPS) is 12.4. The molecule has 1 aromatic heterocycles. The third-order valence-electron chi connectivity index (χ3n) is 5.53. The van der Waals surface area contributed by atoms with Crippen LogP contribution in [0.15, 0.2) is 63.5 Å². The number of aromatic nitrogens is 1. The molecule has 0 aliphatic heterocycles. The maximum Gasteiger partial charge on any atom is 0.295 e. The van der Waals surface area contributed by atoms with Crippen molar-refractivity contribution in [3.05, 3.63) is 59.5 Å². The van der Waals surface area contributed by atoms with E-state index in [1.165, 1.54) is 17.5 Å². The predicted molar refractivity (Wildman–Crippen MR) is 147 cm³/mol. The number of nitrogens with zero attached hydrogens (tertiary/aromatic N) is 4. The van der Waals surface area contributed by atoms with Crippen molar-refractivity contribution in [2.75, 3.05) is 29.5 Å². The van der Waals surface area contributed by atoms with Crippen molar-refractivity contribution in [3.8, 4) is 6.07 Å². The van der Waals surface area contributed by atoms with Crippen LogP contribution in [0.3, 0.4) is 0 Å². The quantitative estimate of drug-likeness (QED) is 0.152. The van der Waals surface area contributed by atoms with E-state index in [4.69, 9.17) is 0 Å². The topological polar surface area (TPSA) is 157 Å². The van der Waals surface area contributed by atoms with Crippen LogP contribution >= 0.6 is 0 Å². The first-order valence-corrected chi connectivity index (χ1v) is 14.4. The fourth-order valence-corrected chi connectivity index (χ4v) is 4.78. The lowest BCUT2D eigenvalue weighted by Gasteiger charge is -2.15. The van der Waals surface area contributed by atoms with Gasteiger partial charge in [-0.25, -0.2) is 4.98 Å². The number of rotatable bonds is 12. The van der Waals surface area contributed by atoms with Crippen LogP contribution in [0.1, 0.15) is 30.9 Å². The van der Waals surface area contributed by atoms with Gasteiger partial charge in [0.1, 0.15) is 22.5 Å². The molecule has 0 radical (unpaired) electrons. The Hall–Kier alpha value is -3.66. The molecule has 3 N–H and O–H groups in total. The Kier molecular flexibility index (Phi) is 9.46. The molecule has 0 saturated carbocycles. The van der Waals surface area contributed by atoms with Gasteiger partial charge < -0.3 is 10.6 Å². The van der Waals surface area contributed by atoms with Gasteiger partial charge >= 0.3 is 0 Å². The van der Waals surface area contributed by atoms with Gasteiger partial charge in [0.15, 0.2) is 5.82 Å². The molecule has 0 bridgehead atoms. The Balaban J connectivity index is 2.10. The van der Waals surface area contributed by atoms with E-state index in [1.54, 1.807) is 31.2 Å². The summed E-state index contributed by atoms with van der Waals surface area (Å²) in [5.41, 5.74) is 1.57. The number of anilines is 2. The van der Waals surface area contributed by atoms with Gasteiger partial charge in [0, 0.05) is 46.0 Å². The third-order valence-corrected chi connectivity index (χ3v) is 7.42. The summed E-state index contributed by atoms with van der Waals surface area (Å²) in [5, 5.41) is 27.0. The number of hydrogen-bond donors (Lipinski definition) is 3. The van der Waals surface area contributed by atoms with E-state index in [2.05, 4.69) is 45.4 Å². The summed E-state index contributed by atoms with van der Waals surface area (Å²) >= 11 is 0. The molecule has 1 heterocycles. The molecular weight excluding hydrogens is 512 g/mol. The van der Waals surface area contributed by atoms with Crippen LogP contribution in [0.2, 0.25) is 0 Å². The molecule has 2 aromatic carbocycles. The van der Waals surface area contributed by atoms with Crippen LogP contribution in [-0.4, -0.2) is 41.0 Å². The van der Waals surface area contributed by atoms with Crippen LogP contribution < -0.4 is 10.6 Å². The second-order valence-corrected chi connectivity index (χ2v) is 10.9. The van der Waals surface area contributed by atoms with Gasteiger partial charge in [-0.1, -0.05) is 44.2 Å². The number of azo groups is 1. The Bertz CT molecular complexity index is 1510. The fraction of sp³-hybridized carbons (Fsp3) is 0.280. The number of pyridine rings is 1. The first kappa shape index (κ1) is 27.9. The average molecular weight is 541 g/mol. The zero-order valence-corrected chi connectivity index (χ0v) is 22.2. The van der Waals surface area contributed by atoms with Crippen LogP contribution in [0.25, 0.3) is 10.8 Å². The number of nitrogens with one attached hydrogen (secondary N) is 2. The lowest BCUT2D eigenvalue weighted by molar-refractivity contribution is 0.484. The van der Waals surface area contributed by atoms with Gasteiger partial charge in [0.25, 0.3) is 10.1 Å². The molecule has 0 aliphatic rings. The van der Waals surface area contributed by atoms with Crippen LogP contribution in [0.5, 0.6) is 0 Å². The highest BCUT2D eigenvalue weighted by atomic mass is 32.2. The summed E-state index contributed by atoms with van der Waals surface area (Å²) in [6, 6.07) is 11.5. The highest BCUT2D eigenvalue weighted by molar-refractivity contribution is 7.88. The molecule has 0 spiro atoms. The molecule has 0 fully saturated rings. The molecule has 37 heavy (non-hydrogen) atoms. The second-order valence-electron chi connectivity index (χ2n) is 8.03. The van der Waals surface area contributed by atoms with Gasteiger partial charge in [0.2, 0.25) is 0 Å². The molecule has 3 aromatic rings. The smallest absolute Gasteiger partial charge is 0.295 e. The predicted octanol–water partition coefficient (Wildman–Crippen LogP) is 5.59. The monoisotopic (exact) mass is 540 g/mol. The Morgan fingerprint density at radius 3 is 2.49 bits per heavy atom. The summed E-state index contributed by atoms with van der Waals surface area (Å²) in [4.78, 5) is 4.35. The van der Waals surface area contributed by atoms with Crippen molar-refractivity contribution in [2.24, 2.45) is 10.2 Å². The summed E-state index contributed by atoms with van der Waals surface area (Å²) in [6.07, 6.45) is 1.88. The molecule has 12 heteroatoms. The van der Waals surface area contributed by atoms with E-state index in [0.717, 1.165) is 12.8 Å². The summed E-state index contributed by atoms with van der Waals surface area (Å²) in [5.74, 6) is 1.09. The van der Waals surface area contributed by atoms with E-state index in [9.17, 15) is 22.4 Å². The first-order chi connectivity index (χ1) is 17.7. The van der Waals surface area contributed by atoms with E-state index < -0.39 is 20.9 Å². The van der Waals surface area contributed by atoms with Crippen LogP contribution in [0.4, 0.5) is 23.0 Å². The van der Waals surface area contributed by atoms with Crippen molar-refractivity contribution in [2.45, 2.75) is 31.6 Å².